The molecule has 1 fully saturated rings. The molecular formula is C22H35BrN2O3. The number of halogens is 1. The summed E-state index contributed by atoms with van der Waals surface area (Å²) >= 11 is 3.51. The van der Waals surface area contributed by atoms with E-state index < -0.39 is 0 Å². The van der Waals surface area contributed by atoms with E-state index in [0.29, 0.717) is 23.9 Å². The van der Waals surface area contributed by atoms with Crippen LogP contribution < -0.4 is 5.73 Å². The van der Waals surface area contributed by atoms with Crippen LogP contribution in [0.25, 0.3) is 0 Å². The van der Waals surface area contributed by atoms with E-state index >= 15 is 0 Å². The van der Waals surface area contributed by atoms with Crippen molar-refractivity contribution < 1.29 is 14.6 Å². The van der Waals surface area contributed by atoms with Gasteiger partial charge in [0.15, 0.2) is 0 Å². The van der Waals surface area contributed by atoms with E-state index in [1.54, 1.807) is 6.07 Å². The van der Waals surface area contributed by atoms with E-state index in [1.807, 2.05) is 6.07 Å². The maximum atomic E-state index is 12.5. The van der Waals surface area contributed by atoms with Crippen LogP contribution in [0.3, 0.4) is 0 Å². The number of rotatable bonds is 11. The standard InChI is InChI=1S/C22H35BrN2O3/c1-2-25(19-10-6-5-7-11-19)16-18-14-17(15-20(23)21(18)24)22(27)28-13-9-4-3-8-12-26/h14-15,19,26H,2-13,16,24H2,1H3. The predicted molar refractivity (Wildman–Crippen MR) is 117 cm³/mol. The number of aliphatic hydroxyl groups excluding tert-OH is 1. The minimum Gasteiger partial charge on any atom is -0.462 e. The average Bonchev–Trinajstić information content (AvgIpc) is 2.72. The molecule has 2 rings (SSSR count). The number of hydrogen-bond donors (Lipinski definition) is 2. The zero-order chi connectivity index (χ0) is 20.4. The molecule has 1 aliphatic carbocycles. The van der Waals surface area contributed by atoms with Gasteiger partial charge in [0.05, 0.1) is 17.9 Å². The minimum absolute atomic E-state index is 0.220. The number of nitrogens with zero attached hydrogens (tertiary/aromatic N) is 1. The maximum absolute atomic E-state index is 12.5. The van der Waals surface area contributed by atoms with Gasteiger partial charge < -0.3 is 15.6 Å². The molecule has 0 radical (unpaired) electrons. The van der Waals surface area contributed by atoms with Gasteiger partial charge in [-0.15, -0.1) is 0 Å². The molecule has 0 atom stereocenters. The number of carbonyl (C=O) groups excluding carboxylic acids is 1. The highest BCUT2D eigenvalue weighted by atomic mass is 79.9. The highest BCUT2D eigenvalue weighted by molar-refractivity contribution is 9.10. The lowest BCUT2D eigenvalue weighted by Crippen LogP contribution is -2.36. The molecule has 0 unspecified atom stereocenters. The van der Waals surface area contributed by atoms with Crippen LogP contribution in [0.5, 0.6) is 0 Å². The van der Waals surface area contributed by atoms with Crippen molar-refractivity contribution in [3.05, 3.63) is 27.7 Å². The van der Waals surface area contributed by atoms with Crippen LogP contribution in [-0.2, 0) is 11.3 Å². The molecule has 158 valence electrons. The van der Waals surface area contributed by atoms with Crippen LogP contribution in [0, 0.1) is 0 Å². The molecule has 1 saturated carbocycles. The molecule has 0 saturated heterocycles. The predicted octanol–water partition coefficient (Wildman–Crippen LogP) is 4.90. The number of unbranched alkanes of at least 4 members (excludes halogenated alkanes) is 3. The molecule has 0 aliphatic heterocycles. The number of anilines is 1. The van der Waals surface area contributed by atoms with Crippen molar-refractivity contribution in [2.24, 2.45) is 0 Å². The van der Waals surface area contributed by atoms with Gasteiger partial charge in [0.25, 0.3) is 0 Å². The largest absolute Gasteiger partial charge is 0.462 e. The second-order valence-electron chi connectivity index (χ2n) is 7.66. The lowest BCUT2D eigenvalue weighted by Gasteiger charge is -2.34. The second-order valence-corrected chi connectivity index (χ2v) is 8.51. The number of aliphatic hydroxyl groups is 1. The fraction of sp³-hybridized carbons (Fsp3) is 0.682. The third-order valence-corrected chi connectivity index (χ3v) is 6.26. The van der Waals surface area contributed by atoms with Gasteiger partial charge in [-0.1, -0.05) is 32.6 Å². The van der Waals surface area contributed by atoms with E-state index in [2.05, 4.69) is 27.8 Å². The van der Waals surface area contributed by atoms with E-state index in [0.717, 1.165) is 48.8 Å². The summed E-state index contributed by atoms with van der Waals surface area (Å²) < 4.78 is 6.18. The number of benzene rings is 1. The Bertz CT molecular complexity index is 618. The highest BCUT2D eigenvalue weighted by Gasteiger charge is 2.22. The Hall–Kier alpha value is -1.11. The molecule has 0 spiro atoms. The Labute approximate surface area is 177 Å². The molecule has 1 aromatic carbocycles. The van der Waals surface area contributed by atoms with Gasteiger partial charge in [-0.2, -0.15) is 0 Å². The molecular weight excluding hydrogens is 420 g/mol. The van der Waals surface area contributed by atoms with E-state index in [-0.39, 0.29) is 12.6 Å². The molecule has 0 bridgehead atoms. The fourth-order valence-corrected chi connectivity index (χ4v) is 4.40. The quantitative estimate of drug-likeness (QED) is 0.282. The van der Waals surface area contributed by atoms with Crippen molar-refractivity contribution in [3.63, 3.8) is 0 Å². The molecule has 0 heterocycles. The summed E-state index contributed by atoms with van der Waals surface area (Å²) in [4.78, 5) is 14.9. The van der Waals surface area contributed by atoms with Crippen molar-refractivity contribution in [2.45, 2.75) is 77.3 Å². The molecule has 1 aromatic rings. The topological polar surface area (TPSA) is 75.8 Å². The van der Waals surface area contributed by atoms with Crippen LogP contribution >= 0.6 is 15.9 Å². The van der Waals surface area contributed by atoms with Gasteiger partial charge in [0, 0.05) is 23.7 Å². The van der Waals surface area contributed by atoms with E-state index in [9.17, 15) is 4.79 Å². The number of nitrogen functional groups attached to an aromatic ring is 1. The Morgan fingerprint density at radius 2 is 1.93 bits per heavy atom. The van der Waals surface area contributed by atoms with Crippen LogP contribution in [0.1, 0.15) is 80.6 Å². The maximum Gasteiger partial charge on any atom is 0.338 e. The van der Waals surface area contributed by atoms with Gasteiger partial charge in [-0.3, -0.25) is 4.90 Å². The van der Waals surface area contributed by atoms with Crippen LogP contribution in [0.4, 0.5) is 5.69 Å². The third kappa shape index (κ3) is 7.05. The molecule has 1 aliphatic rings. The van der Waals surface area contributed by atoms with Gasteiger partial charge in [0.2, 0.25) is 0 Å². The van der Waals surface area contributed by atoms with Gasteiger partial charge >= 0.3 is 5.97 Å². The number of hydrogen-bond acceptors (Lipinski definition) is 5. The number of carbonyl (C=O) groups is 1. The number of esters is 1. The van der Waals surface area contributed by atoms with Gasteiger partial charge in [-0.05, 0) is 72.3 Å². The lowest BCUT2D eigenvalue weighted by molar-refractivity contribution is 0.0497. The fourth-order valence-electron chi connectivity index (χ4n) is 3.90. The Morgan fingerprint density at radius 1 is 1.21 bits per heavy atom. The van der Waals surface area contributed by atoms with Crippen molar-refractivity contribution in [1.29, 1.82) is 0 Å². The first-order valence-corrected chi connectivity index (χ1v) is 11.5. The third-order valence-electron chi connectivity index (χ3n) is 5.61. The lowest BCUT2D eigenvalue weighted by atomic mass is 9.93. The van der Waals surface area contributed by atoms with Crippen LogP contribution in [-0.4, -0.2) is 41.8 Å². The number of nitrogens with two attached hydrogens (primary N) is 1. The van der Waals surface area contributed by atoms with Gasteiger partial charge in [0.1, 0.15) is 0 Å². The molecule has 28 heavy (non-hydrogen) atoms. The molecule has 5 nitrogen and oxygen atoms in total. The van der Waals surface area contributed by atoms with Crippen molar-refractivity contribution in [1.82, 2.24) is 4.90 Å². The first kappa shape index (κ1) is 23.2. The summed E-state index contributed by atoms with van der Waals surface area (Å²) in [7, 11) is 0. The molecule has 0 aromatic heterocycles. The minimum atomic E-state index is -0.301. The van der Waals surface area contributed by atoms with Crippen molar-refractivity contribution >= 4 is 27.6 Å². The second kappa shape index (κ2) is 12.5. The monoisotopic (exact) mass is 454 g/mol. The van der Waals surface area contributed by atoms with Crippen LogP contribution in [0.2, 0.25) is 0 Å². The SMILES string of the molecule is CCN(Cc1cc(C(=O)OCCCCCCO)cc(Br)c1N)C1CCCCC1. The summed E-state index contributed by atoms with van der Waals surface area (Å²) in [5.41, 5.74) is 8.54. The zero-order valence-corrected chi connectivity index (χ0v) is 18.7. The van der Waals surface area contributed by atoms with Gasteiger partial charge in [-0.25, -0.2) is 4.79 Å². The van der Waals surface area contributed by atoms with Crippen molar-refractivity contribution in [2.75, 3.05) is 25.5 Å². The average molecular weight is 455 g/mol. The Kier molecular flexibility index (Phi) is 10.3. The first-order chi connectivity index (χ1) is 13.6. The number of ether oxygens (including phenoxy) is 1. The highest BCUT2D eigenvalue weighted by Crippen LogP contribution is 2.30. The van der Waals surface area contributed by atoms with Crippen LogP contribution in [0.15, 0.2) is 16.6 Å². The first-order valence-electron chi connectivity index (χ1n) is 10.7. The summed E-state index contributed by atoms with van der Waals surface area (Å²) in [6, 6.07) is 4.25. The Morgan fingerprint density at radius 3 is 2.61 bits per heavy atom. The van der Waals surface area contributed by atoms with E-state index in [4.69, 9.17) is 15.6 Å². The molecule has 6 heteroatoms. The van der Waals surface area contributed by atoms with Crippen molar-refractivity contribution in [3.8, 4) is 0 Å². The zero-order valence-electron chi connectivity index (χ0n) is 17.1. The molecule has 3 N–H and O–H groups in total. The summed E-state index contributed by atoms with van der Waals surface area (Å²) in [6.07, 6.45) is 9.95. The summed E-state index contributed by atoms with van der Waals surface area (Å²) in [6.45, 7) is 4.55. The summed E-state index contributed by atoms with van der Waals surface area (Å²) in [5.74, 6) is -0.301. The smallest absolute Gasteiger partial charge is 0.338 e. The van der Waals surface area contributed by atoms with E-state index in [1.165, 1.54) is 32.1 Å². The molecule has 0 amide bonds. The normalized spacial score (nSPS) is 15.1. The summed E-state index contributed by atoms with van der Waals surface area (Å²) in [5, 5.41) is 8.79. The Balaban J connectivity index is 1.99.